The summed E-state index contributed by atoms with van der Waals surface area (Å²) in [6, 6.07) is -0.232. The van der Waals surface area contributed by atoms with Crippen molar-refractivity contribution >= 4 is 51.5 Å². The number of nitrogens with zero attached hydrogens (tertiary/aromatic N) is 3. The molecule has 27 heavy (non-hydrogen) atoms. The first-order valence-electron chi connectivity index (χ1n) is 8.45. The van der Waals surface area contributed by atoms with Gasteiger partial charge in [-0.05, 0) is 19.8 Å². The molecule has 11 heteroatoms. The fourth-order valence-corrected chi connectivity index (χ4v) is 4.49. The number of anilines is 1. The molecule has 2 aromatic heterocycles. The molecule has 146 valence electrons. The number of imidazole rings is 1. The molecule has 0 aliphatic carbocycles. The molecule has 3 heterocycles. The summed E-state index contributed by atoms with van der Waals surface area (Å²) in [5, 5.41) is 12.7. The summed E-state index contributed by atoms with van der Waals surface area (Å²) < 4.78 is 0. The summed E-state index contributed by atoms with van der Waals surface area (Å²) in [6.45, 7) is 4.66. The third kappa shape index (κ3) is 4.20. The van der Waals surface area contributed by atoms with Gasteiger partial charge in [0.05, 0.1) is 16.8 Å². The minimum atomic E-state index is -0.982. The Morgan fingerprint density at radius 1 is 1.44 bits per heavy atom. The largest absolute Gasteiger partial charge is 0.477 e. The fraction of sp³-hybridized carbons (Fsp3) is 0.500. The van der Waals surface area contributed by atoms with E-state index in [9.17, 15) is 14.7 Å². The van der Waals surface area contributed by atoms with Crippen molar-refractivity contribution < 1.29 is 14.7 Å². The monoisotopic (exact) mass is 431 g/mol. The van der Waals surface area contributed by atoms with Crippen LogP contribution in [0.1, 0.15) is 45.0 Å². The van der Waals surface area contributed by atoms with Crippen LogP contribution in [0.25, 0.3) is 0 Å². The van der Waals surface area contributed by atoms with Crippen molar-refractivity contribution in [1.29, 1.82) is 0 Å². The van der Waals surface area contributed by atoms with E-state index >= 15 is 0 Å². The van der Waals surface area contributed by atoms with E-state index in [1.54, 1.807) is 6.92 Å². The standard InChI is InChI=1S/C16H19Cl2N5O3S/c1-3-9-12(18)22-13(20-9)14(24)21-10-4-5-23(6-8(10)17)16-19-7(2)11(27-16)15(25)26/h8,10H,3-6H2,1-2H3,(H,20,22)(H,21,24)(H,25,26)/t8-,10+/m1/s1. The van der Waals surface area contributed by atoms with Gasteiger partial charge in [-0.1, -0.05) is 29.9 Å². The number of hydrogen-bond donors (Lipinski definition) is 3. The number of halogens is 2. The van der Waals surface area contributed by atoms with Crippen LogP contribution in [-0.4, -0.2) is 56.4 Å². The number of carbonyl (C=O) groups is 2. The van der Waals surface area contributed by atoms with Crippen LogP contribution in [0.5, 0.6) is 0 Å². The van der Waals surface area contributed by atoms with Crippen molar-refractivity contribution in [2.45, 2.75) is 38.1 Å². The van der Waals surface area contributed by atoms with E-state index in [0.29, 0.717) is 47.6 Å². The van der Waals surface area contributed by atoms with E-state index < -0.39 is 5.97 Å². The quantitative estimate of drug-likeness (QED) is 0.627. The lowest BCUT2D eigenvalue weighted by atomic mass is 10.0. The van der Waals surface area contributed by atoms with Crippen LogP contribution in [0, 0.1) is 6.92 Å². The van der Waals surface area contributed by atoms with Crippen molar-refractivity contribution in [3.05, 3.63) is 27.2 Å². The average molecular weight is 432 g/mol. The summed E-state index contributed by atoms with van der Waals surface area (Å²) in [4.78, 5) is 37.1. The van der Waals surface area contributed by atoms with Gasteiger partial charge < -0.3 is 20.3 Å². The molecule has 0 saturated carbocycles. The average Bonchev–Trinajstić information content (AvgIpc) is 3.19. The second-order valence-corrected chi connectivity index (χ2v) is 8.15. The number of thiazole rings is 1. The predicted octanol–water partition coefficient (Wildman–Crippen LogP) is 2.70. The Morgan fingerprint density at radius 2 is 2.19 bits per heavy atom. The van der Waals surface area contributed by atoms with Crippen LogP contribution < -0.4 is 10.2 Å². The highest BCUT2D eigenvalue weighted by Gasteiger charge is 2.32. The van der Waals surface area contributed by atoms with Gasteiger partial charge in [0.1, 0.15) is 4.88 Å². The van der Waals surface area contributed by atoms with Gasteiger partial charge in [-0.25, -0.2) is 14.8 Å². The summed E-state index contributed by atoms with van der Waals surface area (Å²) in [5.74, 6) is -1.16. The molecular formula is C16H19Cl2N5O3S. The number of piperidine rings is 1. The van der Waals surface area contributed by atoms with Crippen LogP contribution in [0.4, 0.5) is 5.13 Å². The van der Waals surface area contributed by atoms with E-state index in [1.807, 2.05) is 11.8 Å². The molecule has 1 aliphatic rings. The van der Waals surface area contributed by atoms with Gasteiger partial charge in [0.15, 0.2) is 16.1 Å². The van der Waals surface area contributed by atoms with Gasteiger partial charge in [-0.15, -0.1) is 11.6 Å². The number of amides is 1. The van der Waals surface area contributed by atoms with Crippen molar-refractivity contribution in [2.24, 2.45) is 0 Å². The molecular weight excluding hydrogens is 413 g/mol. The highest BCUT2D eigenvalue weighted by molar-refractivity contribution is 7.17. The Bertz CT molecular complexity index is 868. The Kier molecular flexibility index (Phi) is 5.92. The molecule has 0 aromatic carbocycles. The molecule has 0 unspecified atom stereocenters. The number of H-pyrrole nitrogens is 1. The molecule has 3 N–H and O–H groups in total. The number of carboxylic acids is 1. The van der Waals surface area contributed by atoms with Crippen molar-refractivity contribution in [1.82, 2.24) is 20.3 Å². The second-order valence-electron chi connectivity index (χ2n) is 6.26. The molecule has 3 rings (SSSR count). The number of rotatable bonds is 5. The maximum Gasteiger partial charge on any atom is 0.347 e. The smallest absolute Gasteiger partial charge is 0.347 e. The molecule has 0 spiro atoms. The fourth-order valence-electron chi connectivity index (χ4n) is 2.92. The van der Waals surface area contributed by atoms with Crippen LogP contribution >= 0.6 is 34.5 Å². The lowest BCUT2D eigenvalue weighted by Crippen LogP contribution is -2.52. The number of hydrogen-bond acceptors (Lipinski definition) is 6. The number of carbonyl (C=O) groups excluding carboxylic acids is 1. The van der Waals surface area contributed by atoms with E-state index in [-0.39, 0.29) is 28.0 Å². The summed E-state index contributed by atoms with van der Waals surface area (Å²) >= 11 is 13.6. The molecule has 2 aromatic rings. The third-order valence-corrected chi connectivity index (χ3v) is 6.37. The number of aromatic nitrogens is 3. The molecule has 1 saturated heterocycles. The Hall–Kier alpha value is -1.84. The maximum atomic E-state index is 12.4. The van der Waals surface area contributed by atoms with Gasteiger partial charge in [-0.3, -0.25) is 4.79 Å². The van der Waals surface area contributed by atoms with E-state index in [0.717, 1.165) is 11.3 Å². The highest BCUT2D eigenvalue weighted by atomic mass is 35.5. The minimum Gasteiger partial charge on any atom is -0.477 e. The number of alkyl halides is 1. The molecule has 2 atom stereocenters. The van der Waals surface area contributed by atoms with Gasteiger partial charge in [0.2, 0.25) is 0 Å². The Labute approximate surface area is 169 Å². The molecule has 0 bridgehead atoms. The van der Waals surface area contributed by atoms with Crippen LogP contribution in [-0.2, 0) is 6.42 Å². The van der Waals surface area contributed by atoms with Gasteiger partial charge >= 0.3 is 5.97 Å². The summed E-state index contributed by atoms with van der Waals surface area (Å²) in [7, 11) is 0. The zero-order chi connectivity index (χ0) is 19.7. The summed E-state index contributed by atoms with van der Waals surface area (Å²) in [6.07, 6.45) is 1.26. The normalized spacial score (nSPS) is 19.9. The number of carboxylic acid groups (broad SMARTS) is 1. The third-order valence-electron chi connectivity index (χ3n) is 4.40. The molecule has 1 aliphatic heterocycles. The van der Waals surface area contributed by atoms with Gasteiger partial charge in [-0.2, -0.15) is 0 Å². The number of aromatic carboxylic acids is 1. The lowest BCUT2D eigenvalue weighted by Gasteiger charge is -2.35. The van der Waals surface area contributed by atoms with Gasteiger partial charge in [0.25, 0.3) is 5.91 Å². The maximum absolute atomic E-state index is 12.4. The van der Waals surface area contributed by atoms with Crippen LogP contribution in [0.2, 0.25) is 5.15 Å². The first kappa shape index (κ1) is 19.9. The predicted molar refractivity (Wildman–Crippen MR) is 105 cm³/mol. The Balaban J connectivity index is 1.63. The van der Waals surface area contributed by atoms with Crippen molar-refractivity contribution in [2.75, 3.05) is 18.0 Å². The zero-order valence-electron chi connectivity index (χ0n) is 14.8. The zero-order valence-corrected chi connectivity index (χ0v) is 17.1. The van der Waals surface area contributed by atoms with Crippen LogP contribution in [0.3, 0.4) is 0 Å². The molecule has 0 radical (unpaired) electrons. The Morgan fingerprint density at radius 3 is 2.74 bits per heavy atom. The summed E-state index contributed by atoms with van der Waals surface area (Å²) in [5.41, 5.74) is 1.21. The molecule has 1 amide bonds. The minimum absolute atomic E-state index is 0.171. The number of aryl methyl sites for hydroxylation is 2. The van der Waals surface area contributed by atoms with Crippen molar-refractivity contribution in [3.8, 4) is 0 Å². The van der Waals surface area contributed by atoms with E-state index in [4.69, 9.17) is 23.2 Å². The van der Waals surface area contributed by atoms with E-state index in [2.05, 4.69) is 20.3 Å². The topological polar surface area (TPSA) is 111 Å². The van der Waals surface area contributed by atoms with Gasteiger partial charge in [0, 0.05) is 19.1 Å². The second kappa shape index (κ2) is 8.04. The first-order chi connectivity index (χ1) is 12.8. The number of nitrogens with one attached hydrogen (secondary N) is 2. The van der Waals surface area contributed by atoms with E-state index in [1.165, 1.54) is 0 Å². The lowest BCUT2D eigenvalue weighted by molar-refractivity contribution is 0.0700. The molecule has 1 fully saturated rings. The van der Waals surface area contributed by atoms with Crippen molar-refractivity contribution in [3.63, 3.8) is 0 Å². The van der Waals surface area contributed by atoms with Crippen LogP contribution in [0.15, 0.2) is 0 Å². The number of aromatic amines is 1. The highest BCUT2D eigenvalue weighted by Crippen LogP contribution is 2.29. The SMILES string of the molecule is CCc1[nH]c(C(=O)N[C@H]2CCN(c3nc(C)c(C(=O)O)s3)C[C@H]2Cl)nc1Cl. The molecule has 8 nitrogen and oxygen atoms in total. The first-order valence-corrected chi connectivity index (χ1v) is 10.1.